The number of ether oxygens (including phenoxy) is 1. The second-order valence-electron chi connectivity index (χ2n) is 17.7. The van der Waals surface area contributed by atoms with E-state index in [0.717, 1.165) is 63.5 Å². The molecule has 3 saturated carbocycles. The number of nitrogens with two attached hydrogens (primary N) is 2. The van der Waals surface area contributed by atoms with Gasteiger partial charge in [0, 0.05) is 47.3 Å². The zero-order valence-corrected chi connectivity index (χ0v) is 39.1. The van der Waals surface area contributed by atoms with Gasteiger partial charge < -0.3 is 26.8 Å². The lowest BCUT2D eigenvalue weighted by Gasteiger charge is -2.44. The van der Waals surface area contributed by atoms with Crippen molar-refractivity contribution >= 4 is 34.5 Å². The quantitative estimate of drug-likeness (QED) is 0.0994. The Balaban J connectivity index is 0.000000210. The molecule has 3 aliphatic rings. The second kappa shape index (κ2) is 24.1. The summed E-state index contributed by atoms with van der Waals surface area (Å²) in [4.78, 5) is 31.9. The van der Waals surface area contributed by atoms with Gasteiger partial charge in [-0.2, -0.15) is 13.2 Å². The normalized spacial score (nSPS) is 24.8. The van der Waals surface area contributed by atoms with Gasteiger partial charge in [-0.05, 0) is 151 Å². The summed E-state index contributed by atoms with van der Waals surface area (Å²) in [5.41, 5.74) is 13.3. The van der Waals surface area contributed by atoms with Crippen LogP contribution < -0.4 is 22.1 Å². The topological polar surface area (TPSA) is 126 Å². The van der Waals surface area contributed by atoms with Crippen LogP contribution in [0.5, 0.6) is 0 Å². The maximum absolute atomic E-state index is 12.6. The summed E-state index contributed by atoms with van der Waals surface area (Å²) in [6.07, 6.45) is 8.71. The first-order chi connectivity index (χ1) is 30.1. The van der Waals surface area contributed by atoms with Gasteiger partial charge in [0.1, 0.15) is 0 Å². The molecule has 2 amide bonds. The van der Waals surface area contributed by atoms with Gasteiger partial charge in [0.05, 0.1) is 29.4 Å². The summed E-state index contributed by atoms with van der Waals surface area (Å²) in [5.74, 6) is -0.272. The van der Waals surface area contributed by atoms with Gasteiger partial charge in [0.25, 0.3) is 0 Å². The predicted octanol–water partition coefficient (Wildman–Crippen LogP) is 9.56. The highest BCUT2D eigenvalue weighted by Gasteiger charge is 2.40. The van der Waals surface area contributed by atoms with Crippen LogP contribution in [0.4, 0.5) is 13.2 Å². The van der Waals surface area contributed by atoms with Crippen LogP contribution in [0.3, 0.4) is 0 Å². The van der Waals surface area contributed by atoms with Gasteiger partial charge in [-0.25, -0.2) is 0 Å². The molecule has 4 aromatic rings. The molecule has 2 aromatic carbocycles. The molecular weight excluding hydrogens is 842 g/mol. The van der Waals surface area contributed by atoms with Gasteiger partial charge in [0.15, 0.2) is 0 Å². The SMILES string of the molecule is CN(C)C1(c2cccs2)CCC(N)CC1.CN(C)C1(c2cccs2)CCC(NC(=O)CCCC(=O)NCc2ccc(C(F)(F)F)cc2)CC1.NC1CCCC1OCc1ccccc1. The minimum absolute atomic E-state index is 0.0283. The number of rotatable bonds is 14. The van der Waals surface area contributed by atoms with Crippen molar-refractivity contribution in [2.75, 3.05) is 28.2 Å². The van der Waals surface area contributed by atoms with Crippen molar-refractivity contribution in [2.24, 2.45) is 11.5 Å². The average molecular weight is 911 g/mol. The maximum atomic E-state index is 12.6. The molecule has 0 radical (unpaired) electrons. The summed E-state index contributed by atoms with van der Waals surface area (Å²) < 4.78 is 43.6. The van der Waals surface area contributed by atoms with Crippen molar-refractivity contribution in [3.05, 3.63) is 116 Å². The van der Waals surface area contributed by atoms with E-state index < -0.39 is 11.7 Å². The van der Waals surface area contributed by atoms with Crippen LogP contribution in [0.1, 0.15) is 116 Å². The number of benzene rings is 2. The molecule has 346 valence electrons. The molecule has 0 saturated heterocycles. The third-order valence-corrected chi connectivity index (χ3v) is 15.2. The molecule has 2 atom stereocenters. The third-order valence-electron chi connectivity index (χ3n) is 13.1. The van der Waals surface area contributed by atoms with E-state index in [0.29, 0.717) is 24.6 Å². The maximum Gasteiger partial charge on any atom is 0.416 e. The first-order valence-electron chi connectivity index (χ1n) is 22.4. The van der Waals surface area contributed by atoms with E-state index in [4.69, 9.17) is 16.2 Å². The van der Waals surface area contributed by atoms with Crippen molar-refractivity contribution < 1.29 is 27.5 Å². The fourth-order valence-corrected chi connectivity index (χ4v) is 11.2. The van der Waals surface area contributed by atoms with Crippen LogP contribution in [0, 0.1) is 0 Å². The van der Waals surface area contributed by atoms with E-state index in [1.165, 1.54) is 46.7 Å². The van der Waals surface area contributed by atoms with Crippen LogP contribution in [0.25, 0.3) is 0 Å². The highest BCUT2D eigenvalue weighted by atomic mass is 32.1. The molecule has 7 rings (SSSR count). The van der Waals surface area contributed by atoms with Crippen molar-refractivity contribution in [2.45, 2.75) is 145 Å². The fourth-order valence-electron chi connectivity index (χ4n) is 9.02. The molecule has 14 heteroatoms. The Labute approximate surface area is 381 Å². The lowest BCUT2D eigenvalue weighted by Crippen LogP contribution is -2.48. The predicted molar refractivity (Wildman–Crippen MR) is 250 cm³/mol. The van der Waals surface area contributed by atoms with E-state index in [1.54, 1.807) is 11.3 Å². The zero-order chi connectivity index (χ0) is 45.5. The molecule has 3 fully saturated rings. The largest absolute Gasteiger partial charge is 0.416 e. The molecule has 0 bridgehead atoms. The van der Waals surface area contributed by atoms with Gasteiger partial charge >= 0.3 is 6.18 Å². The lowest BCUT2D eigenvalue weighted by atomic mass is 9.77. The van der Waals surface area contributed by atoms with Crippen molar-refractivity contribution in [1.29, 1.82) is 0 Å². The van der Waals surface area contributed by atoms with Crippen molar-refractivity contribution in [3.63, 3.8) is 0 Å². The van der Waals surface area contributed by atoms with Crippen LogP contribution in [0.15, 0.2) is 89.6 Å². The molecule has 0 spiro atoms. The highest BCUT2D eigenvalue weighted by molar-refractivity contribution is 7.10. The number of carbonyl (C=O) groups is 2. The van der Waals surface area contributed by atoms with Gasteiger partial charge in [0.2, 0.25) is 11.8 Å². The fraction of sp³-hybridized carbons (Fsp3) is 0.551. The molecular formula is C49H69F3N6O3S2. The molecule has 63 heavy (non-hydrogen) atoms. The van der Waals surface area contributed by atoms with Crippen LogP contribution in [-0.4, -0.2) is 74.0 Å². The van der Waals surface area contributed by atoms with E-state index >= 15 is 0 Å². The van der Waals surface area contributed by atoms with E-state index in [-0.39, 0.29) is 60.5 Å². The Morgan fingerprint density at radius 3 is 1.76 bits per heavy atom. The Morgan fingerprint density at radius 1 is 0.714 bits per heavy atom. The summed E-state index contributed by atoms with van der Waals surface area (Å²) >= 11 is 3.65. The number of nitrogens with zero attached hydrogens (tertiary/aromatic N) is 2. The number of alkyl halides is 3. The van der Waals surface area contributed by atoms with Crippen LogP contribution in [0.2, 0.25) is 0 Å². The number of thiophene rings is 2. The van der Waals surface area contributed by atoms with E-state index in [2.05, 4.69) is 95.8 Å². The van der Waals surface area contributed by atoms with Gasteiger partial charge in [-0.3, -0.25) is 19.4 Å². The summed E-state index contributed by atoms with van der Waals surface area (Å²) in [7, 11) is 8.61. The average Bonchev–Trinajstić information content (AvgIpc) is 4.09. The highest BCUT2D eigenvalue weighted by Crippen LogP contribution is 2.44. The number of hydrogen-bond donors (Lipinski definition) is 4. The van der Waals surface area contributed by atoms with E-state index in [9.17, 15) is 22.8 Å². The van der Waals surface area contributed by atoms with E-state index in [1.807, 2.05) is 29.5 Å². The first-order valence-corrected chi connectivity index (χ1v) is 24.2. The Morgan fingerprint density at radius 2 is 1.27 bits per heavy atom. The lowest BCUT2D eigenvalue weighted by molar-refractivity contribution is -0.137. The minimum atomic E-state index is -4.38. The smallest absolute Gasteiger partial charge is 0.372 e. The molecule has 2 aromatic heterocycles. The van der Waals surface area contributed by atoms with Gasteiger partial charge in [-0.15, -0.1) is 22.7 Å². The standard InChI is InChI=1S/C25H32F3N3O2S.C12H20N2S.C12H17NO/c1-31(2)24(21-5-4-16-34-21)14-12-20(13-15-24)30-23(33)7-3-6-22(32)29-17-18-8-10-19(11-9-18)25(26,27)28;1-14(2)12(11-4-3-9-15-11)7-5-10(13)6-8-12;13-11-7-4-8-12(11)14-9-10-5-2-1-3-6-10/h4-5,8-11,16,20H,3,6-7,12-15,17H2,1-2H3,(H,29,32)(H,30,33);3-4,9-10H,5-8,13H2,1-2H3;1-3,5-6,11-12H,4,7-9,13H2. The molecule has 9 nitrogen and oxygen atoms in total. The number of nitrogens with one attached hydrogen (secondary N) is 2. The Bertz CT molecular complexity index is 1910. The number of carbonyl (C=O) groups excluding carboxylic acids is 2. The molecule has 2 unspecified atom stereocenters. The molecule has 6 N–H and O–H groups in total. The molecule has 0 aliphatic heterocycles. The summed E-state index contributed by atoms with van der Waals surface area (Å²) in [6, 6.07) is 24.5. The number of hydrogen-bond acceptors (Lipinski definition) is 9. The number of halogens is 3. The monoisotopic (exact) mass is 910 g/mol. The van der Waals surface area contributed by atoms with Gasteiger partial charge in [-0.1, -0.05) is 54.6 Å². The third kappa shape index (κ3) is 14.7. The summed E-state index contributed by atoms with van der Waals surface area (Å²) in [6.45, 7) is 0.850. The van der Waals surface area contributed by atoms with Crippen molar-refractivity contribution in [3.8, 4) is 0 Å². The number of amides is 2. The Hall–Kier alpha value is -3.63. The Kier molecular flexibility index (Phi) is 19.2. The second-order valence-corrected chi connectivity index (χ2v) is 19.6. The minimum Gasteiger partial charge on any atom is -0.372 e. The molecule has 3 aliphatic carbocycles. The van der Waals surface area contributed by atoms with Crippen molar-refractivity contribution in [1.82, 2.24) is 20.4 Å². The molecule has 2 heterocycles. The first kappa shape index (κ1) is 50.4. The zero-order valence-electron chi connectivity index (χ0n) is 37.5. The summed E-state index contributed by atoms with van der Waals surface area (Å²) in [5, 5.41) is 10.1. The van der Waals surface area contributed by atoms with Crippen LogP contribution in [-0.2, 0) is 44.7 Å². The van der Waals surface area contributed by atoms with Crippen LogP contribution >= 0.6 is 22.7 Å².